The zero-order valence-corrected chi connectivity index (χ0v) is 11.7. The van der Waals surface area contributed by atoms with E-state index in [0.717, 1.165) is 5.56 Å². The summed E-state index contributed by atoms with van der Waals surface area (Å²) in [4.78, 5) is 23.0. The van der Waals surface area contributed by atoms with Gasteiger partial charge >= 0.3 is 5.97 Å². The molecule has 1 aromatic carbocycles. The van der Waals surface area contributed by atoms with Crippen molar-refractivity contribution in [2.24, 2.45) is 0 Å². The largest absolute Gasteiger partial charge is 0.507 e. The monoisotopic (exact) mass is 283 g/mol. The molecule has 0 aliphatic rings. The summed E-state index contributed by atoms with van der Waals surface area (Å²) < 4.78 is 0. The lowest BCUT2D eigenvalue weighted by Gasteiger charge is -2.14. The normalized spacial score (nSPS) is 11.9. The van der Waals surface area contributed by atoms with Crippen molar-refractivity contribution in [2.45, 2.75) is 19.4 Å². The highest BCUT2D eigenvalue weighted by molar-refractivity contribution is 7.98. The molecule has 0 fully saturated rings. The van der Waals surface area contributed by atoms with Gasteiger partial charge in [0.05, 0.1) is 5.56 Å². The predicted octanol–water partition coefficient (Wildman–Crippen LogP) is 1.64. The van der Waals surface area contributed by atoms with Crippen LogP contribution in [0.5, 0.6) is 5.75 Å². The number of amides is 1. The summed E-state index contributed by atoms with van der Waals surface area (Å²) in [5, 5.41) is 21.1. The predicted molar refractivity (Wildman–Crippen MR) is 74.7 cm³/mol. The molecule has 104 valence electrons. The first-order valence-electron chi connectivity index (χ1n) is 5.78. The van der Waals surface area contributed by atoms with Crippen molar-refractivity contribution < 1.29 is 19.8 Å². The Hall–Kier alpha value is -1.69. The van der Waals surface area contributed by atoms with Gasteiger partial charge in [-0.3, -0.25) is 4.79 Å². The standard InChI is InChI=1S/C13H17NO4S/c1-8-3-4-11(15)9(7-8)12(16)14-10(13(17)18)5-6-19-2/h3-4,7,10,15H,5-6H2,1-2H3,(H,14,16)(H,17,18)/t10-/m1/s1. The van der Waals surface area contributed by atoms with Crippen LogP contribution in [0.4, 0.5) is 0 Å². The zero-order valence-electron chi connectivity index (χ0n) is 10.8. The molecule has 0 aliphatic carbocycles. The fraction of sp³-hybridized carbons (Fsp3) is 0.385. The van der Waals surface area contributed by atoms with Crippen molar-refractivity contribution in [3.8, 4) is 5.75 Å². The molecular weight excluding hydrogens is 266 g/mol. The van der Waals surface area contributed by atoms with E-state index in [1.807, 2.05) is 6.26 Å². The average molecular weight is 283 g/mol. The van der Waals surface area contributed by atoms with E-state index >= 15 is 0 Å². The number of aromatic hydroxyl groups is 1. The van der Waals surface area contributed by atoms with E-state index in [-0.39, 0.29) is 11.3 Å². The number of carbonyl (C=O) groups is 2. The molecule has 0 saturated carbocycles. The van der Waals surface area contributed by atoms with Crippen LogP contribution in [-0.2, 0) is 4.79 Å². The number of carbonyl (C=O) groups excluding carboxylic acids is 1. The SMILES string of the molecule is CSCC[C@@H](NC(=O)c1cc(C)ccc1O)C(=O)O. The second kappa shape index (κ2) is 7.04. The maximum Gasteiger partial charge on any atom is 0.326 e. The molecule has 0 bridgehead atoms. The first kappa shape index (κ1) is 15.4. The Labute approximate surface area is 116 Å². The van der Waals surface area contributed by atoms with Gasteiger partial charge in [0.1, 0.15) is 11.8 Å². The minimum absolute atomic E-state index is 0.0930. The Kier molecular flexibility index (Phi) is 5.69. The van der Waals surface area contributed by atoms with Crippen molar-refractivity contribution in [1.29, 1.82) is 0 Å². The highest BCUT2D eigenvalue weighted by Gasteiger charge is 2.21. The van der Waals surface area contributed by atoms with Gasteiger partial charge in [-0.1, -0.05) is 11.6 Å². The lowest BCUT2D eigenvalue weighted by atomic mass is 10.1. The van der Waals surface area contributed by atoms with Gasteiger partial charge in [-0.25, -0.2) is 4.79 Å². The molecule has 5 nitrogen and oxygen atoms in total. The van der Waals surface area contributed by atoms with E-state index < -0.39 is 17.9 Å². The molecular formula is C13H17NO4S. The van der Waals surface area contributed by atoms with E-state index in [2.05, 4.69) is 5.32 Å². The Morgan fingerprint density at radius 1 is 1.42 bits per heavy atom. The van der Waals surface area contributed by atoms with Crippen molar-refractivity contribution in [3.63, 3.8) is 0 Å². The molecule has 0 spiro atoms. The van der Waals surface area contributed by atoms with Crippen LogP contribution < -0.4 is 5.32 Å². The zero-order chi connectivity index (χ0) is 14.4. The van der Waals surface area contributed by atoms with Crippen molar-refractivity contribution in [3.05, 3.63) is 29.3 Å². The van der Waals surface area contributed by atoms with Gasteiger partial charge < -0.3 is 15.5 Å². The molecule has 0 saturated heterocycles. The van der Waals surface area contributed by atoms with Crippen LogP contribution in [0.25, 0.3) is 0 Å². The molecule has 3 N–H and O–H groups in total. The van der Waals surface area contributed by atoms with Crippen LogP contribution in [0.2, 0.25) is 0 Å². The van der Waals surface area contributed by atoms with Crippen LogP contribution >= 0.6 is 11.8 Å². The van der Waals surface area contributed by atoms with Crippen LogP contribution in [0, 0.1) is 6.92 Å². The number of aliphatic carboxylic acids is 1. The molecule has 6 heteroatoms. The van der Waals surface area contributed by atoms with Gasteiger partial charge in [-0.2, -0.15) is 11.8 Å². The van der Waals surface area contributed by atoms with Gasteiger partial charge in [-0.15, -0.1) is 0 Å². The summed E-state index contributed by atoms with van der Waals surface area (Å²) in [5.41, 5.74) is 0.911. The summed E-state index contributed by atoms with van der Waals surface area (Å²) in [6.45, 7) is 1.79. The average Bonchev–Trinajstić information content (AvgIpc) is 2.36. The molecule has 1 aromatic rings. The van der Waals surface area contributed by atoms with Gasteiger partial charge in [0.2, 0.25) is 0 Å². The third-order valence-electron chi connectivity index (χ3n) is 2.61. The van der Waals surface area contributed by atoms with Crippen LogP contribution in [0.1, 0.15) is 22.3 Å². The first-order chi connectivity index (χ1) is 8.95. The summed E-state index contributed by atoms with van der Waals surface area (Å²) in [6, 6.07) is 3.68. The van der Waals surface area contributed by atoms with Gasteiger partial charge in [0, 0.05) is 0 Å². The third kappa shape index (κ3) is 4.48. The van der Waals surface area contributed by atoms with Crippen molar-refractivity contribution in [2.75, 3.05) is 12.0 Å². The molecule has 1 rings (SSSR count). The number of nitrogens with one attached hydrogen (secondary N) is 1. The summed E-state index contributed by atoms with van der Waals surface area (Å²) >= 11 is 1.51. The van der Waals surface area contributed by atoms with E-state index in [1.165, 1.54) is 23.9 Å². The number of phenolic OH excluding ortho intramolecular Hbond substituents is 1. The number of carboxylic acid groups (broad SMARTS) is 1. The second-order valence-corrected chi connectivity index (χ2v) is 5.15. The fourth-order valence-corrected chi connectivity index (χ4v) is 2.03. The quantitative estimate of drug-likeness (QED) is 0.739. The number of thioether (sulfide) groups is 1. The molecule has 1 atom stereocenters. The fourth-order valence-electron chi connectivity index (χ4n) is 1.56. The summed E-state index contributed by atoms with van der Waals surface area (Å²) in [5.74, 6) is -1.17. The van der Waals surface area contributed by atoms with Gasteiger partial charge in [0.15, 0.2) is 0 Å². The van der Waals surface area contributed by atoms with Gasteiger partial charge in [-0.05, 0) is 37.5 Å². The Balaban J connectivity index is 2.81. The third-order valence-corrected chi connectivity index (χ3v) is 3.25. The number of rotatable bonds is 6. The highest BCUT2D eigenvalue weighted by atomic mass is 32.2. The van der Waals surface area contributed by atoms with Crippen LogP contribution in [0.3, 0.4) is 0 Å². The second-order valence-electron chi connectivity index (χ2n) is 4.17. The van der Waals surface area contributed by atoms with Crippen molar-refractivity contribution in [1.82, 2.24) is 5.32 Å². The topological polar surface area (TPSA) is 86.6 Å². The maximum atomic E-state index is 12.0. The molecule has 0 heterocycles. The van der Waals surface area contributed by atoms with E-state index in [1.54, 1.807) is 13.0 Å². The maximum absolute atomic E-state index is 12.0. The van der Waals surface area contributed by atoms with Crippen LogP contribution in [0.15, 0.2) is 18.2 Å². The number of carboxylic acids is 1. The lowest BCUT2D eigenvalue weighted by molar-refractivity contribution is -0.139. The molecule has 1 amide bonds. The van der Waals surface area contributed by atoms with Crippen molar-refractivity contribution >= 4 is 23.6 Å². The molecule has 0 aromatic heterocycles. The number of hydrogen-bond donors (Lipinski definition) is 3. The van der Waals surface area contributed by atoms with E-state index in [0.29, 0.717) is 12.2 Å². The van der Waals surface area contributed by atoms with E-state index in [9.17, 15) is 14.7 Å². The molecule has 0 radical (unpaired) electrons. The summed E-state index contributed by atoms with van der Waals surface area (Å²) in [7, 11) is 0. The number of aryl methyl sites for hydroxylation is 1. The summed E-state index contributed by atoms with van der Waals surface area (Å²) in [6.07, 6.45) is 2.21. The highest BCUT2D eigenvalue weighted by Crippen LogP contribution is 2.18. The minimum atomic E-state index is -1.07. The number of hydrogen-bond acceptors (Lipinski definition) is 4. The Bertz CT molecular complexity index is 476. The molecule has 19 heavy (non-hydrogen) atoms. The van der Waals surface area contributed by atoms with Crippen LogP contribution in [-0.4, -0.2) is 40.1 Å². The Morgan fingerprint density at radius 2 is 2.11 bits per heavy atom. The van der Waals surface area contributed by atoms with E-state index in [4.69, 9.17) is 5.11 Å². The number of benzene rings is 1. The number of phenols is 1. The molecule has 0 unspecified atom stereocenters. The minimum Gasteiger partial charge on any atom is -0.507 e. The molecule has 0 aliphatic heterocycles. The Morgan fingerprint density at radius 3 is 2.68 bits per heavy atom. The first-order valence-corrected chi connectivity index (χ1v) is 7.17. The van der Waals surface area contributed by atoms with Gasteiger partial charge in [0.25, 0.3) is 5.91 Å². The smallest absolute Gasteiger partial charge is 0.326 e. The lowest BCUT2D eigenvalue weighted by Crippen LogP contribution is -2.41.